The van der Waals surface area contributed by atoms with Gasteiger partial charge in [-0.05, 0) is 12.1 Å². The molecule has 2 rings (SSSR count). The van der Waals surface area contributed by atoms with Gasteiger partial charge < -0.3 is 9.73 Å². The number of hydrogen-bond acceptors (Lipinski definition) is 3. The number of amides is 1. The first-order valence-corrected chi connectivity index (χ1v) is 6.48. The highest BCUT2D eigenvalue weighted by molar-refractivity contribution is 5.76. The normalized spacial score (nSPS) is 11.5. The monoisotopic (exact) mass is 334 g/mol. The molecule has 0 bridgehead atoms. The Morgan fingerprint density at radius 1 is 1.26 bits per heavy atom. The van der Waals surface area contributed by atoms with Gasteiger partial charge in [0.25, 0.3) is 0 Å². The van der Waals surface area contributed by atoms with Crippen LogP contribution in [0, 0.1) is 11.6 Å². The van der Waals surface area contributed by atoms with Crippen LogP contribution < -0.4 is 5.32 Å². The quantitative estimate of drug-likeness (QED) is 0.854. The van der Waals surface area contributed by atoms with E-state index in [2.05, 4.69) is 4.98 Å². The summed E-state index contributed by atoms with van der Waals surface area (Å²) in [5, 5.41) is 1.71. The zero-order chi connectivity index (χ0) is 17.0. The molecule has 4 nitrogen and oxygen atoms in total. The standard InChI is InChI=1S/C14H11F5N2O2/c15-8-1-2-9(10(16)5-8)11-6-20-13(23-11)4-3-12(22)21-7-14(17,18)19/h1-2,5-6H,3-4,7H2,(H,21,22). The predicted molar refractivity (Wildman–Crippen MR) is 69.2 cm³/mol. The maximum Gasteiger partial charge on any atom is 0.405 e. The number of rotatable bonds is 5. The fourth-order valence-electron chi connectivity index (χ4n) is 1.75. The number of nitrogens with one attached hydrogen (secondary N) is 1. The van der Waals surface area contributed by atoms with Crippen molar-refractivity contribution in [2.45, 2.75) is 19.0 Å². The van der Waals surface area contributed by atoms with E-state index in [-0.39, 0.29) is 30.1 Å². The van der Waals surface area contributed by atoms with Crippen LogP contribution in [0.15, 0.2) is 28.8 Å². The third kappa shape index (κ3) is 5.04. The fourth-order valence-corrected chi connectivity index (χ4v) is 1.75. The van der Waals surface area contributed by atoms with Crippen LogP contribution in [-0.4, -0.2) is 23.6 Å². The highest BCUT2D eigenvalue weighted by Gasteiger charge is 2.27. The van der Waals surface area contributed by atoms with Gasteiger partial charge in [0, 0.05) is 18.9 Å². The first-order valence-electron chi connectivity index (χ1n) is 6.48. The first kappa shape index (κ1) is 16.9. The van der Waals surface area contributed by atoms with Crippen LogP contribution in [0.4, 0.5) is 22.0 Å². The molecule has 1 amide bonds. The summed E-state index contributed by atoms with van der Waals surface area (Å²) in [7, 11) is 0. The van der Waals surface area contributed by atoms with Crippen molar-refractivity contribution in [3.05, 3.63) is 41.9 Å². The van der Waals surface area contributed by atoms with E-state index in [1.165, 1.54) is 12.3 Å². The Bertz CT molecular complexity index is 697. The van der Waals surface area contributed by atoms with Gasteiger partial charge in [-0.25, -0.2) is 13.8 Å². The smallest absolute Gasteiger partial charge is 0.405 e. The number of aromatic nitrogens is 1. The van der Waals surface area contributed by atoms with Gasteiger partial charge in [-0.15, -0.1) is 0 Å². The van der Waals surface area contributed by atoms with Gasteiger partial charge in [-0.2, -0.15) is 13.2 Å². The third-order valence-corrected chi connectivity index (χ3v) is 2.80. The van der Waals surface area contributed by atoms with Crippen molar-refractivity contribution < 1.29 is 31.2 Å². The lowest BCUT2D eigenvalue weighted by Gasteiger charge is -2.07. The third-order valence-electron chi connectivity index (χ3n) is 2.80. The maximum absolute atomic E-state index is 13.6. The zero-order valence-electron chi connectivity index (χ0n) is 11.6. The summed E-state index contributed by atoms with van der Waals surface area (Å²) in [6.07, 6.45) is -3.60. The van der Waals surface area contributed by atoms with Crippen molar-refractivity contribution >= 4 is 5.91 Å². The summed E-state index contributed by atoms with van der Waals surface area (Å²) in [5.41, 5.74) is -0.00771. The number of aryl methyl sites for hydroxylation is 1. The van der Waals surface area contributed by atoms with Gasteiger partial charge in [0.1, 0.15) is 18.2 Å². The Morgan fingerprint density at radius 3 is 2.65 bits per heavy atom. The number of nitrogens with zero attached hydrogens (tertiary/aromatic N) is 1. The van der Waals surface area contributed by atoms with Crippen LogP contribution in [0.25, 0.3) is 11.3 Å². The number of halogens is 5. The molecule has 0 unspecified atom stereocenters. The van der Waals surface area contributed by atoms with Crippen molar-refractivity contribution in [2.75, 3.05) is 6.54 Å². The molecule has 0 saturated heterocycles. The molecular weight excluding hydrogens is 323 g/mol. The van der Waals surface area contributed by atoms with Gasteiger partial charge in [-0.1, -0.05) is 0 Å². The second kappa shape index (κ2) is 6.76. The van der Waals surface area contributed by atoms with E-state index in [1.54, 1.807) is 5.32 Å². The molecule has 0 atom stereocenters. The van der Waals surface area contributed by atoms with Crippen LogP contribution in [0.5, 0.6) is 0 Å². The average molecular weight is 334 g/mol. The van der Waals surface area contributed by atoms with E-state index in [0.717, 1.165) is 6.07 Å². The van der Waals surface area contributed by atoms with Crippen molar-refractivity contribution in [2.24, 2.45) is 0 Å². The molecule has 0 saturated carbocycles. The van der Waals surface area contributed by atoms with Gasteiger partial charge in [0.15, 0.2) is 11.7 Å². The second-order valence-corrected chi connectivity index (χ2v) is 4.63. The van der Waals surface area contributed by atoms with Crippen molar-refractivity contribution in [1.82, 2.24) is 10.3 Å². The van der Waals surface area contributed by atoms with Crippen LogP contribution in [0.1, 0.15) is 12.3 Å². The van der Waals surface area contributed by atoms with Gasteiger partial charge in [-0.3, -0.25) is 4.79 Å². The summed E-state index contributed by atoms with van der Waals surface area (Å²) in [6, 6.07) is 2.90. The molecule has 2 aromatic rings. The highest BCUT2D eigenvalue weighted by Crippen LogP contribution is 2.24. The Labute approximate surface area is 127 Å². The molecular formula is C14H11F5N2O2. The molecule has 1 aromatic carbocycles. The summed E-state index contributed by atoms with van der Waals surface area (Å²) in [6.45, 7) is -1.41. The first-order chi connectivity index (χ1) is 10.7. The molecule has 9 heteroatoms. The van der Waals surface area contributed by atoms with Crippen molar-refractivity contribution in [1.29, 1.82) is 0 Å². The Balaban J connectivity index is 1.94. The topological polar surface area (TPSA) is 55.1 Å². The summed E-state index contributed by atoms with van der Waals surface area (Å²) in [4.78, 5) is 15.1. The van der Waals surface area contributed by atoms with Crippen molar-refractivity contribution in [3.63, 3.8) is 0 Å². The largest absolute Gasteiger partial charge is 0.441 e. The Kier molecular flexibility index (Phi) is 4.97. The molecule has 124 valence electrons. The number of carbonyl (C=O) groups excluding carboxylic acids is 1. The minimum absolute atomic E-state index is 0.00771. The lowest BCUT2D eigenvalue weighted by atomic mass is 10.2. The highest BCUT2D eigenvalue weighted by atomic mass is 19.4. The summed E-state index contributed by atoms with van der Waals surface area (Å²) in [5.74, 6) is -2.29. The van der Waals surface area contributed by atoms with E-state index in [0.29, 0.717) is 6.07 Å². The molecule has 23 heavy (non-hydrogen) atoms. The number of alkyl halides is 3. The fraction of sp³-hybridized carbons (Fsp3) is 0.286. The predicted octanol–water partition coefficient (Wildman–Crippen LogP) is 3.23. The van der Waals surface area contributed by atoms with Crippen LogP contribution in [0.3, 0.4) is 0 Å². The number of carbonyl (C=O) groups is 1. The molecule has 0 aliphatic heterocycles. The van der Waals surface area contributed by atoms with E-state index < -0.39 is 30.3 Å². The summed E-state index contributed by atoms with van der Waals surface area (Å²) < 4.78 is 67.4. The van der Waals surface area contributed by atoms with Crippen LogP contribution in [-0.2, 0) is 11.2 Å². The van der Waals surface area contributed by atoms with Crippen molar-refractivity contribution in [3.8, 4) is 11.3 Å². The van der Waals surface area contributed by atoms with E-state index in [4.69, 9.17) is 4.42 Å². The van der Waals surface area contributed by atoms with Gasteiger partial charge in [0.2, 0.25) is 5.91 Å². The zero-order valence-corrected chi connectivity index (χ0v) is 11.6. The molecule has 0 radical (unpaired) electrons. The van der Waals surface area contributed by atoms with Crippen LogP contribution in [0.2, 0.25) is 0 Å². The molecule has 1 aromatic heterocycles. The lowest BCUT2D eigenvalue weighted by molar-refractivity contribution is -0.138. The molecule has 0 aliphatic carbocycles. The van der Waals surface area contributed by atoms with Crippen LogP contribution >= 0.6 is 0 Å². The minimum Gasteiger partial charge on any atom is -0.441 e. The van der Waals surface area contributed by atoms with E-state index in [9.17, 15) is 26.7 Å². The lowest BCUT2D eigenvalue weighted by Crippen LogP contribution is -2.33. The molecule has 1 heterocycles. The molecule has 0 aliphatic rings. The average Bonchev–Trinajstić information content (AvgIpc) is 2.91. The second-order valence-electron chi connectivity index (χ2n) is 4.63. The number of benzene rings is 1. The SMILES string of the molecule is O=C(CCc1ncc(-c2ccc(F)cc2F)o1)NCC(F)(F)F. The number of oxazole rings is 1. The van der Waals surface area contributed by atoms with E-state index in [1.807, 2.05) is 0 Å². The van der Waals surface area contributed by atoms with Gasteiger partial charge >= 0.3 is 6.18 Å². The Hall–Kier alpha value is -2.45. The molecule has 0 spiro atoms. The maximum atomic E-state index is 13.6. The number of hydrogen-bond donors (Lipinski definition) is 1. The summed E-state index contributed by atoms with van der Waals surface area (Å²) >= 11 is 0. The Morgan fingerprint density at radius 2 is 2.00 bits per heavy atom. The molecule has 0 fully saturated rings. The molecule has 1 N–H and O–H groups in total. The van der Waals surface area contributed by atoms with Gasteiger partial charge in [0.05, 0.1) is 11.8 Å². The van der Waals surface area contributed by atoms with E-state index >= 15 is 0 Å². The minimum atomic E-state index is -4.48.